The summed E-state index contributed by atoms with van der Waals surface area (Å²) in [6, 6.07) is 25.7. The van der Waals surface area contributed by atoms with Crippen LogP contribution in [0.1, 0.15) is 66.6 Å². The SMILES string of the molecule is CC(C)c1cccc2c1NC(c1cccc(-c3cccnc3)n1)c1ccccc1C2C. The van der Waals surface area contributed by atoms with Gasteiger partial charge in [0.15, 0.2) is 0 Å². The molecule has 0 aliphatic carbocycles. The summed E-state index contributed by atoms with van der Waals surface area (Å²) in [5.41, 5.74) is 9.59. The van der Waals surface area contributed by atoms with Gasteiger partial charge in [-0.25, -0.2) is 0 Å². The van der Waals surface area contributed by atoms with Crippen LogP contribution >= 0.6 is 0 Å². The zero-order valence-electron chi connectivity index (χ0n) is 18.2. The van der Waals surface area contributed by atoms with Gasteiger partial charge in [-0.2, -0.15) is 0 Å². The van der Waals surface area contributed by atoms with Crippen molar-refractivity contribution in [1.29, 1.82) is 0 Å². The van der Waals surface area contributed by atoms with Crippen LogP contribution in [0, 0.1) is 0 Å². The molecular weight excluding hydrogens is 378 g/mol. The molecule has 5 rings (SSSR count). The van der Waals surface area contributed by atoms with E-state index in [1.807, 2.05) is 12.3 Å². The fraction of sp³-hybridized carbons (Fsp3) is 0.214. The standard InChI is InChI=1S/C28H27N3/c1-18(2)21-12-6-13-23-19(3)22-10-4-5-11-24(22)28(31-27(21)23)26-15-7-14-25(30-26)20-9-8-16-29-17-20/h4-19,28,31H,1-3H3. The minimum Gasteiger partial charge on any atom is -0.372 e. The van der Waals surface area contributed by atoms with E-state index in [1.165, 1.54) is 27.9 Å². The number of pyridine rings is 2. The van der Waals surface area contributed by atoms with Gasteiger partial charge >= 0.3 is 0 Å². The second-order valence-electron chi connectivity index (χ2n) is 8.58. The first kappa shape index (κ1) is 19.5. The van der Waals surface area contributed by atoms with Gasteiger partial charge in [-0.1, -0.05) is 69.3 Å². The predicted molar refractivity (Wildman–Crippen MR) is 127 cm³/mol. The van der Waals surface area contributed by atoms with Crippen molar-refractivity contribution in [3.05, 3.63) is 113 Å². The number of hydrogen-bond donors (Lipinski definition) is 1. The Morgan fingerprint density at radius 3 is 2.35 bits per heavy atom. The average Bonchev–Trinajstić information content (AvgIpc) is 2.94. The van der Waals surface area contributed by atoms with Gasteiger partial charge in [-0.3, -0.25) is 9.97 Å². The van der Waals surface area contributed by atoms with Gasteiger partial charge in [0.2, 0.25) is 0 Å². The average molecular weight is 406 g/mol. The highest BCUT2D eigenvalue weighted by Crippen LogP contribution is 2.44. The van der Waals surface area contributed by atoms with Gasteiger partial charge in [-0.15, -0.1) is 0 Å². The molecule has 0 fully saturated rings. The van der Waals surface area contributed by atoms with Crippen LogP contribution in [0.5, 0.6) is 0 Å². The molecule has 154 valence electrons. The Labute approximate surface area is 184 Å². The van der Waals surface area contributed by atoms with E-state index < -0.39 is 0 Å². The molecule has 0 saturated carbocycles. The number of hydrogen-bond acceptors (Lipinski definition) is 3. The van der Waals surface area contributed by atoms with E-state index in [-0.39, 0.29) is 6.04 Å². The van der Waals surface area contributed by atoms with Gasteiger partial charge in [-0.05, 0) is 52.4 Å². The Morgan fingerprint density at radius 2 is 1.58 bits per heavy atom. The van der Waals surface area contributed by atoms with Gasteiger partial charge in [0.05, 0.1) is 17.4 Å². The molecule has 3 heterocycles. The summed E-state index contributed by atoms with van der Waals surface area (Å²) in [5, 5.41) is 3.91. The normalized spacial score (nSPS) is 17.4. The number of fused-ring (bicyclic) bond motifs is 2. The lowest BCUT2D eigenvalue weighted by molar-refractivity contribution is 0.846. The van der Waals surface area contributed by atoms with Crippen molar-refractivity contribution in [2.75, 3.05) is 5.32 Å². The number of benzene rings is 2. The first-order valence-corrected chi connectivity index (χ1v) is 11.0. The Hall–Kier alpha value is -3.46. The van der Waals surface area contributed by atoms with Crippen LogP contribution in [0.25, 0.3) is 11.3 Å². The number of aromatic nitrogens is 2. The summed E-state index contributed by atoms with van der Waals surface area (Å²) in [4.78, 5) is 9.35. The zero-order chi connectivity index (χ0) is 21.4. The van der Waals surface area contributed by atoms with E-state index in [1.54, 1.807) is 6.20 Å². The van der Waals surface area contributed by atoms with Gasteiger partial charge in [0, 0.05) is 29.6 Å². The van der Waals surface area contributed by atoms with Crippen LogP contribution in [-0.4, -0.2) is 9.97 Å². The molecule has 3 nitrogen and oxygen atoms in total. The summed E-state index contributed by atoms with van der Waals surface area (Å²) < 4.78 is 0. The van der Waals surface area contributed by atoms with Crippen molar-refractivity contribution in [2.24, 2.45) is 0 Å². The van der Waals surface area contributed by atoms with Gasteiger partial charge in [0.1, 0.15) is 0 Å². The Balaban J connectivity index is 1.70. The summed E-state index contributed by atoms with van der Waals surface area (Å²) in [6.45, 7) is 6.83. The fourth-order valence-corrected chi connectivity index (χ4v) is 4.68. The van der Waals surface area contributed by atoms with Crippen molar-refractivity contribution < 1.29 is 0 Å². The highest BCUT2D eigenvalue weighted by Gasteiger charge is 2.29. The monoisotopic (exact) mass is 405 g/mol. The topological polar surface area (TPSA) is 37.8 Å². The van der Waals surface area contributed by atoms with Crippen molar-refractivity contribution >= 4 is 5.69 Å². The molecule has 31 heavy (non-hydrogen) atoms. The number of nitrogens with one attached hydrogen (secondary N) is 1. The van der Waals surface area contributed by atoms with Crippen LogP contribution in [0.15, 0.2) is 85.2 Å². The lowest BCUT2D eigenvalue weighted by atomic mass is 9.86. The third-order valence-electron chi connectivity index (χ3n) is 6.30. The number of rotatable bonds is 3. The number of nitrogens with zero attached hydrogens (tertiary/aromatic N) is 2. The molecule has 1 aliphatic heterocycles. The van der Waals surface area contributed by atoms with E-state index in [0.717, 1.165) is 17.0 Å². The molecule has 0 amide bonds. The Kier molecular flexibility index (Phi) is 5.03. The quantitative estimate of drug-likeness (QED) is 0.401. The number of para-hydroxylation sites is 1. The minimum absolute atomic E-state index is 0.0172. The van der Waals surface area contributed by atoms with Gasteiger partial charge in [0.25, 0.3) is 0 Å². The molecule has 3 heteroatoms. The molecule has 0 spiro atoms. The minimum atomic E-state index is -0.0172. The molecule has 0 saturated heterocycles. The van der Waals surface area contributed by atoms with Crippen LogP contribution < -0.4 is 5.32 Å². The molecule has 1 aliphatic rings. The molecule has 0 radical (unpaired) electrons. The summed E-state index contributed by atoms with van der Waals surface area (Å²) in [5.74, 6) is 0.745. The second kappa shape index (κ2) is 7.99. The fourth-order valence-electron chi connectivity index (χ4n) is 4.68. The van der Waals surface area contributed by atoms with Gasteiger partial charge < -0.3 is 5.32 Å². The highest BCUT2D eigenvalue weighted by atomic mass is 15.0. The first-order valence-electron chi connectivity index (χ1n) is 11.0. The lowest BCUT2D eigenvalue weighted by Gasteiger charge is -2.23. The lowest BCUT2D eigenvalue weighted by Crippen LogP contribution is -2.15. The smallest absolute Gasteiger partial charge is 0.0943 e. The third kappa shape index (κ3) is 3.50. The van der Waals surface area contributed by atoms with Crippen LogP contribution in [-0.2, 0) is 0 Å². The molecule has 2 aromatic heterocycles. The third-order valence-corrected chi connectivity index (χ3v) is 6.30. The summed E-state index contributed by atoms with van der Waals surface area (Å²) in [7, 11) is 0. The van der Waals surface area contributed by atoms with Crippen LogP contribution in [0.2, 0.25) is 0 Å². The Bertz CT molecular complexity index is 1210. The highest BCUT2D eigenvalue weighted by molar-refractivity contribution is 5.67. The molecular formula is C28H27N3. The van der Waals surface area contributed by atoms with E-state index in [4.69, 9.17) is 4.98 Å². The maximum atomic E-state index is 5.08. The molecule has 2 aromatic carbocycles. The zero-order valence-corrected chi connectivity index (χ0v) is 18.2. The summed E-state index contributed by atoms with van der Waals surface area (Å²) in [6.07, 6.45) is 3.66. The summed E-state index contributed by atoms with van der Waals surface area (Å²) >= 11 is 0. The van der Waals surface area contributed by atoms with Crippen molar-refractivity contribution in [2.45, 2.75) is 38.6 Å². The predicted octanol–water partition coefficient (Wildman–Crippen LogP) is 6.93. The second-order valence-corrected chi connectivity index (χ2v) is 8.58. The maximum absolute atomic E-state index is 5.08. The first-order chi connectivity index (χ1) is 15.1. The van der Waals surface area contributed by atoms with E-state index >= 15 is 0 Å². The van der Waals surface area contributed by atoms with Crippen LogP contribution in [0.4, 0.5) is 5.69 Å². The largest absolute Gasteiger partial charge is 0.372 e. The van der Waals surface area contributed by atoms with Crippen molar-refractivity contribution in [3.8, 4) is 11.3 Å². The number of anilines is 1. The molecule has 2 unspecified atom stereocenters. The molecule has 0 bridgehead atoms. The van der Waals surface area contributed by atoms with Crippen molar-refractivity contribution in [1.82, 2.24) is 9.97 Å². The van der Waals surface area contributed by atoms with E-state index in [0.29, 0.717) is 11.8 Å². The van der Waals surface area contributed by atoms with Crippen LogP contribution in [0.3, 0.4) is 0 Å². The molecule has 2 atom stereocenters. The maximum Gasteiger partial charge on any atom is 0.0943 e. The van der Waals surface area contributed by atoms with E-state index in [9.17, 15) is 0 Å². The van der Waals surface area contributed by atoms with Crippen molar-refractivity contribution in [3.63, 3.8) is 0 Å². The van der Waals surface area contributed by atoms with E-state index in [2.05, 4.69) is 97.8 Å². The Morgan fingerprint density at radius 1 is 0.806 bits per heavy atom. The molecule has 1 N–H and O–H groups in total. The molecule has 4 aromatic rings.